The number of ether oxygens (including phenoxy) is 2. The predicted molar refractivity (Wildman–Crippen MR) is 102 cm³/mol. The lowest BCUT2D eigenvalue weighted by molar-refractivity contribution is -0.135. The topological polar surface area (TPSA) is 59.1 Å². The summed E-state index contributed by atoms with van der Waals surface area (Å²) in [4.78, 5) is 28.6. The van der Waals surface area contributed by atoms with Crippen LogP contribution in [0.15, 0.2) is 18.2 Å². The van der Waals surface area contributed by atoms with Crippen molar-refractivity contribution in [2.75, 3.05) is 40.4 Å². The van der Waals surface area contributed by atoms with E-state index in [0.717, 1.165) is 5.56 Å². The zero-order chi connectivity index (χ0) is 19.3. The fraction of sp³-hybridized carbons (Fsp3) is 0.500. The average molecular weight is 360 g/mol. The maximum Gasteiger partial charge on any atom is 0.254 e. The molecule has 0 spiro atoms. The SMILES string of the molecule is C/C=C/c1cc(C(=O)N2CCN(C(=O)C(C)C)CC2)cc(OC)c1OC. The van der Waals surface area contributed by atoms with Crippen molar-refractivity contribution >= 4 is 17.9 Å². The third kappa shape index (κ3) is 4.18. The Morgan fingerprint density at radius 3 is 2.15 bits per heavy atom. The molecular weight excluding hydrogens is 332 g/mol. The zero-order valence-corrected chi connectivity index (χ0v) is 16.2. The molecule has 1 saturated heterocycles. The minimum atomic E-state index is -0.0617. The van der Waals surface area contributed by atoms with E-state index in [0.29, 0.717) is 43.2 Å². The number of allylic oxidation sites excluding steroid dienone is 1. The number of piperazine rings is 1. The van der Waals surface area contributed by atoms with Crippen LogP contribution in [0.4, 0.5) is 0 Å². The summed E-state index contributed by atoms with van der Waals surface area (Å²) in [5.41, 5.74) is 1.35. The van der Waals surface area contributed by atoms with E-state index in [-0.39, 0.29) is 17.7 Å². The first kappa shape index (κ1) is 19.8. The molecule has 6 heteroatoms. The van der Waals surface area contributed by atoms with E-state index in [4.69, 9.17) is 9.47 Å². The lowest BCUT2D eigenvalue weighted by Crippen LogP contribution is -2.51. The molecule has 1 aromatic rings. The summed E-state index contributed by atoms with van der Waals surface area (Å²) in [6.45, 7) is 7.90. The van der Waals surface area contributed by atoms with Gasteiger partial charge in [-0.15, -0.1) is 0 Å². The van der Waals surface area contributed by atoms with E-state index in [1.165, 1.54) is 0 Å². The molecule has 1 heterocycles. The average Bonchev–Trinajstić information content (AvgIpc) is 2.66. The number of hydrogen-bond acceptors (Lipinski definition) is 4. The van der Waals surface area contributed by atoms with Crippen molar-refractivity contribution in [1.29, 1.82) is 0 Å². The highest BCUT2D eigenvalue weighted by Gasteiger charge is 2.27. The van der Waals surface area contributed by atoms with Gasteiger partial charge in [0.15, 0.2) is 11.5 Å². The van der Waals surface area contributed by atoms with Gasteiger partial charge in [-0.2, -0.15) is 0 Å². The molecule has 142 valence electrons. The van der Waals surface area contributed by atoms with Crippen molar-refractivity contribution < 1.29 is 19.1 Å². The van der Waals surface area contributed by atoms with E-state index < -0.39 is 0 Å². The van der Waals surface area contributed by atoms with Crippen LogP contribution >= 0.6 is 0 Å². The molecule has 0 N–H and O–H groups in total. The summed E-state index contributed by atoms with van der Waals surface area (Å²) in [6.07, 6.45) is 3.78. The van der Waals surface area contributed by atoms with Crippen LogP contribution in [0.1, 0.15) is 36.7 Å². The largest absolute Gasteiger partial charge is 0.493 e. The maximum atomic E-state index is 12.9. The third-order valence-electron chi connectivity index (χ3n) is 4.47. The molecule has 0 atom stereocenters. The number of benzene rings is 1. The first-order valence-electron chi connectivity index (χ1n) is 8.89. The molecule has 26 heavy (non-hydrogen) atoms. The van der Waals surface area contributed by atoms with Crippen LogP contribution in [0.2, 0.25) is 0 Å². The molecule has 2 amide bonds. The van der Waals surface area contributed by atoms with Gasteiger partial charge >= 0.3 is 0 Å². The number of nitrogens with zero attached hydrogens (tertiary/aromatic N) is 2. The lowest BCUT2D eigenvalue weighted by atomic mass is 10.1. The number of rotatable bonds is 5. The van der Waals surface area contributed by atoms with Crippen LogP contribution < -0.4 is 9.47 Å². The smallest absolute Gasteiger partial charge is 0.254 e. The molecule has 1 aliphatic heterocycles. The summed E-state index contributed by atoms with van der Waals surface area (Å²) in [7, 11) is 3.14. The molecule has 1 fully saturated rings. The van der Waals surface area contributed by atoms with Crippen LogP contribution in [0.3, 0.4) is 0 Å². The molecule has 0 unspecified atom stereocenters. The Morgan fingerprint density at radius 1 is 1.04 bits per heavy atom. The van der Waals surface area contributed by atoms with E-state index in [9.17, 15) is 9.59 Å². The molecule has 0 aromatic heterocycles. The van der Waals surface area contributed by atoms with Gasteiger partial charge in [0, 0.05) is 43.2 Å². The normalized spacial score (nSPS) is 14.8. The number of carbonyl (C=O) groups is 2. The predicted octanol–water partition coefficient (Wildman–Crippen LogP) is 2.68. The van der Waals surface area contributed by atoms with Gasteiger partial charge in [0.1, 0.15) is 0 Å². The van der Waals surface area contributed by atoms with E-state index in [1.807, 2.05) is 43.9 Å². The Hall–Kier alpha value is -2.50. The van der Waals surface area contributed by atoms with Gasteiger partial charge in [-0.25, -0.2) is 0 Å². The first-order chi connectivity index (χ1) is 12.4. The quantitative estimate of drug-likeness (QED) is 0.810. The number of methoxy groups -OCH3 is 2. The van der Waals surface area contributed by atoms with Gasteiger partial charge in [0.25, 0.3) is 5.91 Å². The van der Waals surface area contributed by atoms with Gasteiger partial charge in [0.05, 0.1) is 14.2 Å². The Balaban J connectivity index is 2.20. The van der Waals surface area contributed by atoms with Crippen molar-refractivity contribution in [2.45, 2.75) is 20.8 Å². The number of hydrogen-bond donors (Lipinski definition) is 0. The Kier molecular flexibility index (Phi) is 6.66. The van der Waals surface area contributed by atoms with E-state index in [1.54, 1.807) is 25.2 Å². The Labute approximate surface area is 155 Å². The van der Waals surface area contributed by atoms with E-state index in [2.05, 4.69) is 0 Å². The van der Waals surface area contributed by atoms with Gasteiger partial charge in [-0.3, -0.25) is 9.59 Å². The second-order valence-electron chi connectivity index (χ2n) is 6.57. The molecule has 2 rings (SSSR count). The van der Waals surface area contributed by atoms with Gasteiger partial charge < -0.3 is 19.3 Å². The number of carbonyl (C=O) groups excluding carboxylic acids is 2. The van der Waals surface area contributed by atoms with Gasteiger partial charge in [-0.1, -0.05) is 26.0 Å². The van der Waals surface area contributed by atoms with Crippen LogP contribution in [-0.2, 0) is 4.79 Å². The highest BCUT2D eigenvalue weighted by atomic mass is 16.5. The van der Waals surface area contributed by atoms with Crippen molar-refractivity contribution in [3.05, 3.63) is 29.3 Å². The fourth-order valence-electron chi connectivity index (χ4n) is 3.10. The third-order valence-corrected chi connectivity index (χ3v) is 4.47. The molecule has 0 aliphatic carbocycles. The highest BCUT2D eigenvalue weighted by Crippen LogP contribution is 2.34. The zero-order valence-electron chi connectivity index (χ0n) is 16.2. The van der Waals surface area contributed by atoms with Crippen molar-refractivity contribution in [3.8, 4) is 11.5 Å². The second kappa shape index (κ2) is 8.74. The number of amides is 2. The first-order valence-corrected chi connectivity index (χ1v) is 8.89. The van der Waals surface area contributed by atoms with Crippen molar-refractivity contribution in [3.63, 3.8) is 0 Å². The van der Waals surface area contributed by atoms with Crippen molar-refractivity contribution in [1.82, 2.24) is 9.80 Å². The summed E-state index contributed by atoms with van der Waals surface area (Å²) in [5, 5.41) is 0. The summed E-state index contributed by atoms with van der Waals surface area (Å²) in [6, 6.07) is 3.52. The molecule has 1 aliphatic rings. The van der Waals surface area contributed by atoms with Crippen LogP contribution in [0, 0.1) is 5.92 Å². The summed E-state index contributed by atoms with van der Waals surface area (Å²) >= 11 is 0. The molecule has 0 bridgehead atoms. The molecular formula is C20H28N2O4. The molecule has 1 aromatic carbocycles. The summed E-state index contributed by atoms with van der Waals surface area (Å²) in [5.74, 6) is 1.19. The Morgan fingerprint density at radius 2 is 1.65 bits per heavy atom. The minimum Gasteiger partial charge on any atom is -0.493 e. The maximum absolute atomic E-state index is 12.9. The standard InChI is InChI=1S/C20H28N2O4/c1-6-7-15-12-16(13-17(25-4)18(15)26-5)20(24)22-10-8-21(9-11-22)19(23)14(2)3/h6-7,12-14H,8-11H2,1-5H3/b7-6+. The second-order valence-corrected chi connectivity index (χ2v) is 6.57. The van der Waals surface area contributed by atoms with Gasteiger partial charge in [-0.05, 0) is 19.1 Å². The molecule has 0 radical (unpaired) electrons. The summed E-state index contributed by atoms with van der Waals surface area (Å²) < 4.78 is 10.8. The van der Waals surface area contributed by atoms with Crippen LogP contribution in [0.5, 0.6) is 11.5 Å². The lowest BCUT2D eigenvalue weighted by Gasteiger charge is -2.35. The van der Waals surface area contributed by atoms with E-state index >= 15 is 0 Å². The van der Waals surface area contributed by atoms with Crippen LogP contribution in [-0.4, -0.2) is 62.0 Å². The van der Waals surface area contributed by atoms with Gasteiger partial charge in [0.2, 0.25) is 5.91 Å². The van der Waals surface area contributed by atoms with Crippen molar-refractivity contribution in [2.24, 2.45) is 5.92 Å². The Bertz CT molecular complexity index is 689. The molecule has 6 nitrogen and oxygen atoms in total. The van der Waals surface area contributed by atoms with Crippen LogP contribution in [0.25, 0.3) is 6.08 Å². The molecule has 0 saturated carbocycles. The highest BCUT2D eigenvalue weighted by molar-refractivity contribution is 5.96. The minimum absolute atomic E-state index is 0.0218. The monoisotopic (exact) mass is 360 g/mol. The fourth-order valence-corrected chi connectivity index (χ4v) is 3.10.